The second kappa shape index (κ2) is 8.28. The molecule has 1 aliphatic heterocycles. The molecule has 3 aromatic rings. The number of hydrogen-bond acceptors (Lipinski definition) is 3. The van der Waals surface area contributed by atoms with E-state index in [1.807, 2.05) is 59.5 Å². The van der Waals surface area contributed by atoms with Crippen molar-refractivity contribution in [1.82, 2.24) is 4.90 Å². The second-order valence-corrected chi connectivity index (χ2v) is 6.96. The quantitative estimate of drug-likeness (QED) is 0.646. The molecule has 1 aliphatic rings. The van der Waals surface area contributed by atoms with Gasteiger partial charge in [0.1, 0.15) is 17.6 Å². The lowest BCUT2D eigenvalue weighted by Crippen LogP contribution is -2.42. The van der Waals surface area contributed by atoms with Crippen LogP contribution >= 0.6 is 0 Å². The minimum Gasteiger partial charge on any atom is -0.457 e. The Morgan fingerprint density at radius 1 is 0.929 bits per heavy atom. The average molecular weight is 373 g/mol. The van der Waals surface area contributed by atoms with Crippen LogP contribution in [-0.2, 0) is 4.74 Å². The lowest BCUT2D eigenvalue weighted by Gasteiger charge is -2.33. The molecule has 0 aliphatic carbocycles. The molecule has 4 rings (SSSR count). The molecule has 0 spiro atoms. The molecule has 142 valence electrons. The normalized spacial score (nSPS) is 16.6. The van der Waals surface area contributed by atoms with Gasteiger partial charge in [0.15, 0.2) is 0 Å². The highest BCUT2D eigenvalue weighted by atomic mass is 16.5. The Morgan fingerprint density at radius 3 is 2.32 bits per heavy atom. The van der Waals surface area contributed by atoms with Crippen molar-refractivity contribution in [3.63, 3.8) is 0 Å². The van der Waals surface area contributed by atoms with E-state index in [1.54, 1.807) is 0 Å². The average Bonchev–Trinajstić information content (AvgIpc) is 2.75. The van der Waals surface area contributed by atoms with Crippen molar-refractivity contribution >= 4 is 5.91 Å². The van der Waals surface area contributed by atoms with Gasteiger partial charge in [0.2, 0.25) is 0 Å². The van der Waals surface area contributed by atoms with Gasteiger partial charge >= 0.3 is 0 Å². The van der Waals surface area contributed by atoms with Gasteiger partial charge in [0.05, 0.1) is 13.2 Å². The van der Waals surface area contributed by atoms with Gasteiger partial charge in [-0.1, -0.05) is 48.0 Å². The van der Waals surface area contributed by atoms with Gasteiger partial charge < -0.3 is 14.4 Å². The Bertz CT molecular complexity index is 920. The Morgan fingerprint density at radius 2 is 1.61 bits per heavy atom. The monoisotopic (exact) mass is 373 g/mol. The molecule has 1 heterocycles. The summed E-state index contributed by atoms with van der Waals surface area (Å²) < 4.78 is 11.7. The molecule has 0 N–H and O–H groups in total. The number of benzene rings is 3. The van der Waals surface area contributed by atoms with Gasteiger partial charge in [-0.05, 0) is 48.9 Å². The SMILES string of the molecule is Cc1ccc(C2CN(C(=O)c3ccc(Oc4ccccc4)cc3)CCO2)cc1. The van der Waals surface area contributed by atoms with E-state index in [2.05, 4.69) is 31.2 Å². The van der Waals surface area contributed by atoms with Crippen molar-refractivity contribution in [2.45, 2.75) is 13.0 Å². The zero-order valence-electron chi connectivity index (χ0n) is 15.9. The number of hydrogen-bond donors (Lipinski definition) is 0. The van der Waals surface area contributed by atoms with Crippen molar-refractivity contribution in [2.75, 3.05) is 19.7 Å². The van der Waals surface area contributed by atoms with Crippen LogP contribution in [0.5, 0.6) is 11.5 Å². The second-order valence-electron chi connectivity index (χ2n) is 6.96. The summed E-state index contributed by atoms with van der Waals surface area (Å²) in [6.45, 7) is 3.76. The van der Waals surface area contributed by atoms with Crippen molar-refractivity contribution < 1.29 is 14.3 Å². The Labute approximate surface area is 165 Å². The summed E-state index contributed by atoms with van der Waals surface area (Å²) in [7, 11) is 0. The summed E-state index contributed by atoms with van der Waals surface area (Å²) in [6.07, 6.45) is -0.0843. The van der Waals surface area contributed by atoms with Crippen molar-refractivity contribution in [1.29, 1.82) is 0 Å². The molecule has 4 heteroatoms. The molecule has 1 fully saturated rings. The van der Waals surface area contributed by atoms with Gasteiger partial charge in [0.25, 0.3) is 5.91 Å². The summed E-state index contributed by atoms with van der Waals surface area (Å²) >= 11 is 0. The molecule has 3 aromatic carbocycles. The number of carbonyl (C=O) groups excluding carboxylic acids is 1. The maximum Gasteiger partial charge on any atom is 0.254 e. The first-order valence-corrected chi connectivity index (χ1v) is 9.49. The zero-order valence-corrected chi connectivity index (χ0v) is 15.9. The van der Waals surface area contributed by atoms with E-state index in [-0.39, 0.29) is 12.0 Å². The number of aryl methyl sites for hydroxylation is 1. The fourth-order valence-electron chi connectivity index (χ4n) is 3.29. The predicted octanol–water partition coefficient (Wildman–Crippen LogP) is 5.00. The van der Waals surface area contributed by atoms with E-state index < -0.39 is 0 Å². The van der Waals surface area contributed by atoms with Crippen LogP contribution in [0.15, 0.2) is 78.9 Å². The maximum absolute atomic E-state index is 12.9. The van der Waals surface area contributed by atoms with E-state index in [1.165, 1.54) is 5.56 Å². The number of para-hydroxylation sites is 1. The Balaban J connectivity index is 1.42. The van der Waals surface area contributed by atoms with E-state index >= 15 is 0 Å². The van der Waals surface area contributed by atoms with Crippen molar-refractivity contribution in [2.24, 2.45) is 0 Å². The lowest BCUT2D eigenvalue weighted by molar-refractivity contribution is -0.0228. The van der Waals surface area contributed by atoms with E-state index in [9.17, 15) is 4.79 Å². The van der Waals surface area contributed by atoms with E-state index in [0.29, 0.717) is 31.0 Å². The summed E-state index contributed by atoms with van der Waals surface area (Å²) in [4.78, 5) is 14.8. The third kappa shape index (κ3) is 4.24. The largest absolute Gasteiger partial charge is 0.457 e. The van der Waals surface area contributed by atoms with Gasteiger partial charge in [-0.3, -0.25) is 4.79 Å². The van der Waals surface area contributed by atoms with Crippen LogP contribution in [-0.4, -0.2) is 30.5 Å². The summed E-state index contributed by atoms with van der Waals surface area (Å²) in [5, 5.41) is 0. The van der Waals surface area contributed by atoms with Gasteiger partial charge in [-0.25, -0.2) is 0 Å². The first-order chi connectivity index (χ1) is 13.7. The van der Waals surface area contributed by atoms with E-state index in [4.69, 9.17) is 9.47 Å². The van der Waals surface area contributed by atoms with Crippen LogP contribution in [0.25, 0.3) is 0 Å². The maximum atomic E-state index is 12.9. The van der Waals surface area contributed by atoms with Gasteiger partial charge in [-0.15, -0.1) is 0 Å². The molecule has 28 heavy (non-hydrogen) atoms. The summed E-state index contributed by atoms with van der Waals surface area (Å²) in [6, 6.07) is 25.2. The molecule has 1 unspecified atom stereocenters. The molecule has 0 saturated carbocycles. The van der Waals surface area contributed by atoms with Crippen molar-refractivity contribution in [3.8, 4) is 11.5 Å². The summed E-state index contributed by atoms with van der Waals surface area (Å²) in [5.74, 6) is 1.50. The number of morpholine rings is 1. The van der Waals surface area contributed by atoms with E-state index in [0.717, 1.165) is 11.3 Å². The highest BCUT2D eigenvalue weighted by Crippen LogP contribution is 2.25. The smallest absolute Gasteiger partial charge is 0.254 e. The zero-order chi connectivity index (χ0) is 19.3. The third-order valence-corrected chi connectivity index (χ3v) is 4.88. The van der Waals surface area contributed by atoms with Crippen LogP contribution in [0.2, 0.25) is 0 Å². The molecular formula is C24H23NO3. The standard InChI is InChI=1S/C24H23NO3/c1-18-7-9-19(10-8-18)23-17-25(15-16-27-23)24(26)20-11-13-22(14-12-20)28-21-5-3-2-4-6-21/h2-14,23H,15-17H2,1H3. The Kier molecular flexibility index (Phi) is 5.40. The number of ether oxygens (including phenoxy) is 2. The minimum absolute atomic E-state index is 0.0201. The first-order valence-electron chi connectivity index (χ1n) is 9.49. The number of carbonyl (C=O) groups is 1. The first kappa shape index (κ1) is 18.3. The molecule has 1 amide bonds. The number of nitrogens with zero attached hydrogens (tertiary/aromatic N) is 1. The van der Waals surface area contributed by atoms with Crippen LogP contribution in [0, 0.1) is 6.92 Å². The minimum atomic E-state index is -0.0843. The fourth-order valence-corrected chi connectivity index (χ4v) is 3.29. The van der Waals surface area contributed by atoms with Crippen LogP contribution in [0.1, 0.15) is 27.6 Å². The molecule has 0 bridgehead atoms. The molecule has 4 nitrogen and oxygen atoms in total. The predicted molar refractivity (Wildman–Crippen MR) is 109 cm³/mol. The number of amides is 1. The van der Waals surface area contributed by atoms with Crippen molar-refractivity contribution in [3.05, 3.63) is 95.6 Å². The molecule has 0 aromatic heterocycles. The molecule has 1 saturated heterocycles. The molecule has 0 radical (unpaired) electrons. The molecule has 1 atom stereocenters. The number of rotatable bonds is 4. The fraction of sp³-hybridized carbons (Fsp3) is 0.208. The Hall–Kier alpha value is -3.11. The molecular weight excluding hydrogens is 350 g/mol. The van der Waals surface area contributed by atoms with Crippen LogP contribution in [0.4, 0.5) is 0 Å². The van der Waals surface area contributed by atoms with Crippen LogP contribution < -0.4 is 4.74 Å². The topological polar surface area (TPSA) is 38.8 Å². The van der Waals surface area contributed by atoms with Crippen LogP contribution in [0.3, 0.4) is 0 Å². The lowest BCUT2D eigenvalue weighted by atomic mass is 10.1. The third-order valence-electron chi connectivity index (χ3n) is 4.88. The summed E-state index contributed by atoms with van der Waals surface area (Å²) in [5.41, 5.74) is 2.98. The van der Waals surface area contributed by atoms with Gasteiger partial charge in [0, 0.05) is 12.1 Å². The van der Waals surface area contributed by atoms with Gasteiger partial charge in [-0.2, -0.15) is 0 Å². The highest BCUT2D eigenvalue weighted by molar-refractivity contribution is 5.94. The highest BCUT2D eigenvalue weighted by Gasteiger charge is 2.26.